The van der Waals surface area contributed by atoms with Crippen molar-refractivity contribution in [2.45, 2.75) is 72.1 Å². The van der Waals surface area contributed by atoms with Crippen molar-refractivity contribution in [3.05, 3.63) is 0 Å². The van der Waals surface area contributed by atoms with Gasteiger partial charge in [0.25, 0.3) is 0 Å². The van der Waals surface area contributed by atoms with Gasteiger partial charge in [0.2, 0.25) is 5.91 Å². The molecule has 1 N–H and O–H groups in total. The van der Waals surface area contributed by atoms with E-state index in [1.165, 1.54) is 14.1 Å². The first-order chi connectivity index (χ1) is 9.69. The van der Waals surface area contributed by atoms with E-state index in [0.29, 0.717) is 0 Å². The van der Waals surface area contributed by atoms with E-state index in [0.717, 1.165) is 55.7 Å². The lowest BCUT2D eigenvalue weighted by molar-refractivity contribution is -0.129. The van der Waals surface area contributed by atoms with Gasteiger partial charge in [0.05, 0.1) is 0 Å². The molecule has 0 aliphatic heterocycles. The Hall–Kier alpha value is -0.620. The molecule has 0 fully saturated rings. The van der Waals surface area contributed by atoms with Crippen LogP contribution in [0.15, 0.2) is 0 Å². The summed E-state index contributed by atoms with van der Waals surface area (Å²) >= 11 is 0. The molecule has 0 saturated carbocycles. The van der Waals surface area contributed by atoms with Gasteiger partial charge in [-0.2, -0.15) is 12.7 Å². The minimum Gasteiger partial charge on any atom is -0.273 e. The minimum atomic E-state index is -3.71. The predicted molar refractivity (Wildman–Crippen MR) is 87.1 cm³/mol. The molecule has 0 aromatic carbocycles. The molecule has 0 aromatic rings. The molecule has 0 aliphatic carbocycles. The highest BCUT2D eigenvalue weighted by Crippen LogP contribution is 2.31. The molecule has 0 aliphatic rings. The smallest absolute Gasteiger partial charge is 0.273 e. The Kier molecular flexibility index (Phi) is 9.13. The van der Waals surface area contributed by atoms with E-state index >= 15 is 0 Å². The van der Waals surface area contributed by atoms with Crippen LogP contribution in [0.2, 0.25) is 0 Å². The standard InChI is InChI=1S/C15H32N2O3S/c1-6-8-10-11-13-15(3,12-9-7-2)14(18)16-21(19,20)17(4)5/h6-13H2,1-5H3,(H,16,18). The van der Waals surface area contributed by atoms with Crippen molar-refractivity contribution >= 4 is 16.1 Å². The van der Waals surface area contributed by atoms with Crippen LogP contribution in [0.3, 0.4) is 0 Å². The summed E-state index contributed by atoms with van der Waals surface area (Å²) in [5, 5.41) is 0. The Bertz CT molecular complexity index is 407. The lowest BCUT2D eigenvalue weighted by Crippen LogP contribution is -2.46. The largest absolute Gasteiger partial charge is 0.303 e. The maximum absolute atomic E-state index is 12.4. The van der Waals surface area contributed by atoms with E-state index in [2.05, 4.69) is 18.6 Å². The van der Waals surface area contributed by atoms with Crippen LogP contribution in [0, 0.1) is 5.41 Å². The SMILES string of the molecule is CCCCCCC(C)(CCCC)C(=O)NS(=O)(=O)N(C)C. The summed E-state index contributed by atoms with van der Waals surface area (Å²) in [5.74, 6) is -0.374. The number of hydrogen-bond donors (Lipinski definition) is 1. The fourth-order valence-electron chi connectivity index (χ4n) is 2.19. The number of hydrogen-bond acceptors (Lipinski definition) is 3. The summed E-state index contributed by atoms with van der Waals surface area (Å²) in [6.45, 7) is 6.10. The van der Waals surface area contributed by atoms with Crippen molar-refractivity contribution in [2.24, 2.45) is 5.41 Å². The second-order valence-corrected chi connectivity index (χ2v) is 8.08. The van der Waals surface area contributed by atoms with E-state index < -0.39 is 15.6 Å². The van der Waals surface area contributed by atoms with Gasteiger partial charge in [0.1, 0.15) is 0 Å². The fourth-order valence-corrected chi connectivity index (χ4v) is 2.86. The number of carbonyl (C=O) groups is 1. The Labute approximate surface area is 130 Å². The molecule has 6 heteroatoms. The van der Waals surface area contributed by atoms with E-state index in [4.69, 9.17) is 0 Å². The molecule has 5 nitrogen and oxygen atoms in total. The quantitative estimate of drug-likeness (QED) is 0.595. The molecule has 0 radical (unpaired) electrons. The van der Waals surface area contributed by atoms with E-state index in [-0.39, 0.29) is 5.91 Å². The number of nitrogens with one attached hydrogen (secondary N) is 1. The molecule has 0 bridgehead atoms. The van der Waals surface area contributed by atoms with Crippen molar-refractivity contribution in [1.29, 1.82) is 0 Å². The average Bonchev–Trinajstić information content (AvgIpc) is 2.40. The molecule has 21 heavy (non-hydrogen) atoms. The molecule has 0 rings (SSSR count). The lowest BCUT2D eigenvalue weighted by Gasteiger charge is -2.29. The summed E-state index contributed by atoms with van der Waals surface area (Å²) in [6.07, 6.45) is 7.74. The highest BCUT2D eigenvalue weighted by Gasteiger charge is 2.34. The summed E-state index contributed by atoms with van der Waals surface area (Å²) in [7, 11) is -0.873. The third-order valence-electron chi connectivity index (χ3n) is 3.91. The second-order valence-electron chi connectivity index (χ2n) is 6.19. The minimum absolute atomic E-state index is 0.374. The molecular weight excluding hydrogens is 288 g/mol. The first-order valence-electron chi connectivity index (χ1n) is 7.94. The predicted octanol–water partition coefficient (Wildman–Crippen LogP) is 3.08. The van der Waals surface area contributed by atoms with Crippen LogP contribution >= 0.6 is 0 Å². The Balaban J connectivity index is 4.82. The lowest BCUT2D eigenvalue weighted by atomic mass is 9.79. The van der Waals surface area contributed by atoms with Gasteiger partial charge < -0.3 is 0 Å². The van der Waals surface area contributed by atoms with Crippen LogP contribution < -0.4 is 4.72 Å². The van der Waals surface area contributed by atoms with Gasteiger partial charge in [0.15, 0.2) is 0 Å². The van der Waals surface area contributed by atoms with Crippen LogP contribution in [0.25, 0.3) is 0 Å². The topological polar surface area (TPSA) is 66.5 Å². The monoisotopic (exact) mass is 320 g/mol. The van der Waals surface area contributed by atoms with Crippen LogP contribution in [0.5, 0.6) is 0 Å². The number of nitrogens with zero attached hydrogens (tertiary/aromatic N) is 1. The molecule has 0 spiro atoms. The molecule has 0 heterocycles. The Morgan fingerprint density at radius 1 is 1.00 bits per heavy atom. The highest BCUT2D eigenvalue weighted by atomic mass is 32.2. The first kappa shape index (κ1) is 20.4. The maximum Gasteiger partial charge on any atom is 0.303 e. The van der Waals surface area contributed by atoms with Gasteiger partial charge in [-0.3, -0.25) is 4.79 Å². The first-order valence-corrected chi connectivity index (χ1v) is 9.38. The fraction of sp³-hybridized carbons (Fsp3) is 0.933. The molecular formula is C15H32N2O3S. The summed E-state index contributed by atoms with van der Waals surface area (Å²) in [6, 6.07) is 0. The number of carbonyl (C=O) groups excluding carboxylic acids is 1. The van der Waals surface area contributed by atoms with Crippen LogP contribution in [0.1, 0.15) is 72.1 Å². The van der Waals surface area contributed by atoms with Gasteiger partial charge in [-0.15, -0.1) is 0 Å². The molecule has 1 atom stereocenters. The van der Waals surface area contributed by atoms with Crippen LogP contribution in [-0.2, 0) is 15.0 Å². The van der Waals surface area contributed by atoms with Crippen molar-refractivity contribution in [2.75, 3.05) is 14.1 Å². The van der Waals surface area contributed by atoms with E-state index in [9.17, 15) is 13.2 Å². The number of rotatable bonds is 11. The second kappa shape index (κ2) is 9.41. The molecule has 0 saturated heterocycles. The zero-order valence-electron chi connectivity index (χ0n) is 14.2. The van der Waals surface area contributed by atoms with Crippen molar-refractivity contribution in [3.63, 3.8) is 0 Å². The summed E-state index contributed by atoms with van der Waals surface area (Å²) in [4.78, 5) is 12.4. The molecule has 126 valence electrons. The van der Waals surface area contributed by atoms with Gasteiger partial charge in [-0.05, 0) is 12.8 Å². The van der Waals surface area contributed by atoms with Gasteiger partial charge in [0, 0.05) is 19.5 Å². The van der Waals surface area contributed by atoms with Crippen molar-refractivity contribution in [1.82, 2.24) is 9.03 Å². The maximum atomic E-state index is 12.4. The highest BCUT2D eigenvalue weighted by molar-refractivity contribution is 7.87. The third kappa shape index (κ3) is 7.27. The van der Waals surface area contributed by atoms with Crippen LogP contribution in [-0.4, -0.2) is 32.7 Å². The molecule has 1 amide bonds. The normalized spacial score (nSPS) is 15.0. The van der Waals surface area contributed by atoms with Crippen molar-refractivity contribution in [3.8, 4) is 0 Å². The Morgan fingerprint density at radius 2 is 1.52 bits per heavy atom. The van der Waals surface area contributed by atoms with Gasteiger partial charge >= 0.3 is 10.2 Å². The van der Waals surface area contributed by atoms with E-state index in [1.807, 2.05) is 6.92 Å². The van der Waals surface area contributed by atoms with E-state index in [1.54, 1.807) is 0 Å². The van der Waals surface area contributed by atoms with Gasteiger partial charge in [-0.1, -0.05) is 59.3 Å². The zero-order valence-corrected chi connectivity index (χ0v) is 15.1. The number of amides is 1. The zero-order chi connectivity index (χ0) is 16.5. The Morgan fingerprint density at radius 3 is 2.00 bits per heavy atom. The third-order valence-corrected chi connectivity index (χ3v) is 5.32. The number of unbranched alkanes of at least 4 members (excludes halogenated alkanes) is 4. The molecule has 1 unspecified atom stereocenters. The van der Waals surface area contributed by atoms with Crippen LogP contribution in [0.4, 0.5) is 0 Å². The van der Waals surface area contributed by atoms with Gasteiger partial charge in [-0.25, -0.2) is 4.72 Å². The molecule has 0 aromatic heterocycles. The average molecular weight is 320 g/mol. The summed E-state index contributed by atoms with van der Waals surface area (Å²) in [5.41, 5.74) is -0.604. The van der Waals surface area contributed by atoms with Crippen molar-refractivity contribution < 1.29 is 13.2 Å². The summed E-state index contributed by atoms with van der Waals surface area (Å²) < 4.78 is 26.9.